The van der Waals surface area contributed by atoms with Crippen LogP contribution in [0.25, 0.3) is 0 Å². The molecule has 0 saturated carbocycles. The predicted octanol–water partition coefficient (Wildman–Crippen LogP) is 1.60. The minimum atomic E-state index is -0.546. The summed E-state index contributed by atoms with van der Waals surface area (Å²) in [6, 6.07) is 0. The van der Waals surface area contributed by atoms with Crippen LogP contribution in [0, 0.1) is 0 Å². The van der Waals surface area contributed by atoms with Gasteiger partial charge in [0, 0.05) is 19.2 Å². The second-order valence-electron chi connectivity index (χ2n) is 4.25. The van der Waals surface area contributed by atoms with E-state index in [1.165, 1.54) is 0 Å². The predicted molar refractivity (Wildman–Crippen MR) is 65.3 cm³/mol. The van der Waals surface area contributed by atoms with Gasteiger partial charge in [0.15, 0.2) is 0 Å². The second-order valence-corrected chi connectivity index (χ2v) is 4.25. The van der Waals surface area contributed by atoms with Gasteiger partial charge >= 0.3 is 5.97 Å². The number of allylic oxidation sites excluding steroid dienone is 1. The summed E-state index contributed by atoms with van der Waals surface area (Å²) in [5, 5.41) is 4.29. The van der Waals surface area contributed by atoms with Crippen LogP contribution in [0.5, 0.6) is 0 Å². The molecule has 0 unspecified atom stereocenters. The zero-order valence-corrected chi connectivity index (χ0v) is 10.8. The van der Waals surface area contributed by atoms with Crippen molar-refractivity contribution in [2.75, 3.05) is 6.61 Å². The molecule has 2 rings (SSSR count). The molecule has 0 radical (unpaired) electrons. The normalized spacial score (nSPS) is 18.3. The Kier molecular flexibility index (Phi) is 3.32. The van der Waals surface area contributed by atoms with Crippen molar-refractivity contribution in [3.8, 4) is 0 Å². The summed E-state index contributed by atoms with van der Waals surface area (Å²) in [6.07, 6.45) is 4.13. The number of carbonyl (C=O) groups excluding carboxylic acids is 2. The van der Waals surface area contributed by atoms with Crippen molar-refractivity contribution in [1.82, 2.24) is 9.78 Å². The van der Waals surface area contributed by atoms with Gasteiger partial charge in [0.25, 0.3) is 0 Å². The van der Waals surface area contributed by atoms with E-state index in [1.807, 2.05) is 6.92 Å². The van der Waals surface area contributed by atoms with E-state index in [4.69, 9.17) is 4.74 Å². The molecule has 96 valence electrons. The Bertz CT molecular complexity index is 528. The van der Waals surface area contributed by atoms with Crippen molar-refractivity contribution in [2.45, 2.75) is 26.2 Å². The number of aryl methyl sites for hydroxylation is 1. The van der Waals surface area contributed by atoms with E-state index in [2.05, 4.69) is 5.10 Å². The number of carbonyl (C=O) groups is 2. The maximum atomic E-state index is 12.2. The number of rotatable bonds is 3. The number of ether oxygens (including phenoxy) is 1. The smallest absolute Gasteiger partial charge is 0.341 e. The Hall–Kier alpha value is -1.91. The summed E-state index contributed by atoms with van der Waals surface area (Å²) in [6.45, 7) is 3.98. The van der Waals surface area contributed by atoms with Crippen molar-refractivity contribution in [2.24, 2.45) is 7.05 Å². The molecule has 5 heteroatoms. The summed E-state index contributed by atoms with van der Waals surface area (Å²) >= 11 is 0. The van der Waals surface area contributed by atoms with Gasteiger partial charge in [0.2, 0.25) is 5.78 Å². The lowest BCUT2D eigenvalue weighted by Crippen LogP contribution is -2.22. The van der Waals surface area contributed by atoms with Crippen LogP contribution in [-0.2, 0) is 16.6 Å². The maximum absolute atomic E-state index is 12.2. The topological polar surface area (TPSA) is 61.2 Å². The monoisotopic (exact) mass is 248 g/mol. The third-order valence-corrected chi connectivity index (χ3v) is 3.00. The molecule has 0 fully saturated rings. The van der Waals surface area contributed by atoms with Gasteiger partial charge in [-0.05, 0) is 13.3 Å². The molecule has 1 aliphatic carbocycles. The van der Waals surface area contributed by atoms with Gasteiger partial charge in [-0.25, -0.2) is 4.79 Å². The van der Waals surface area contributed by atoms with Gasteiger partial charge in [-0.2, -0.15) is 5.10 Å². The molecule has 1 aromatic heterocycles. The van der Waals surface area contributed by atoms with Gasteiger partial charge in [0.05, 0.1) is 17.9 Å². The number of aromatic nitrogens is 2. The molecule has 0 N–H and O–H groups in total. The molecule has 0 amide bonds. The van der Waals surface area contributed by atoms with Crippen molar-refractivity contribution >= 4 is 11.8 Å². The third-order valence-electron chi connectivity index (χ3n) is 3.00. The fraction of sp³-hybridized carbons (Fsp3) is 0.462. The molecule has 1 aliphatic rings. The first kappa shape index (κ1) is 12.5. The van der Waals surface area contributed by atoms with E-state index in [0.717, 1.165) is 12.1 Å². The van der Waals surface area contributed by atoms with E-state index in [1.54, 1.807) is 30.9 Å². The molecular weight excluding hydrogens is 232 g/mol. The maximum Gasteiger partial charge on any atom is 0.341 e. The fourth-order valence-electron chi connectivity index (χ4n) is 2.14. The molecule has 0 saturated heterocycles. The Morgan fingerprint density at radius 2 is 2.22 bits per heavy atom. The SMILES string of the molecule is CCOC(=O)C1=C[C@@H](CC)c2nn(C)cc2C1=O. The first-order valence-corrected chi connectivity index (χ1v) is 6.05. The summed E-state index contributed by atoms with van der Waals surface area (Å²) in [5.74, 6) is -0.838. The molecule has 1 heterocycles. The number of hydrogen-bond acceptors (Lipinski definition) is 4. The largest absolute Gasteiger partial charge is 0.462 e. The summed E-state index contributed by atoms with van der Waals surface area (Å²) in [5.41, 5.74) is 1.39. The van der Waals surface area contributed by atoms with Crippen LogP contribution in [0.1, 0.15) is 42.2 Å². The lowest BCUT2D eigenvalue weighted by atomic mass is 9.87. The van der Waals surface area contributed by atoms with Gasteiger partial charge in [-0.1, -0.05) is 13.0 Å². The minimum Gasteiger partial charge on any atom is -0.462 e. The molecule has 0 aliphatic heterocycles. The van der Waals surface area contributed by atoms with E-state index < -0.39 is 5.97 Å². The number of esters is 1. The second kappa shape index (κ2) is 4.76. The highest BCUT2D eigenvalue weighted by molar-refractivity contribution is 6.25. The van der Waals surface area contributed by atoms with E-state index in [-0.39, 0.29) is 23.9 Å². The highest BCUT2D eigenvalue weighted by Gasteiger charge is 2.32. The number of ketones is 1. The Morgan fingerprint density at radius 3 is 2.83 bits per heavy atom. The number of hydrogen-bond donors (Lipinski definition) is 0. The molecule has 0 spiro atoms. The summed E-state index contributed by atoms with van der Waals surface area (Å²) in [7, 11) is 1.77. The first-order valence-electron chi connectivity index (χ1n) is 6.05. The fourth-order valence-corrected chi connectivity index (χ4v) is 2.14. The molecule has 1 atom stereocenters. The zero-order valence-electron chi connectivity index (χ0n) is 10.8. The van der Waals surface area contributed by atoms with Crippen LogP contribution in [-0.4, -0.2) is 28.1 Å². The Balaban J connectivity index is 2.43. The van der Waals surface area contributed by atoms with E-state index in [9.17, 15) is 9.59 Å². The Morgan fingerprint density at radius 1 is 1.50 bits per heavy atom. The highest BCUT2D eigenvalue weighted by atomic mass is 16.5. The molecular formula is C13H16N2O3. The Labute approximate surface area is 105 Å². The summed E-state index contributed by atoms with van der Waals surface area (Å²) in [4.78, 5) is 23.9. The van der Waals surface area contributed by atoms with Crippen LogP contribution in [0.3, 0.4) is 0 Å². The van der Waals surface area contributed by atoms with Crippen LogP contribution >= 0.6 is 0 Å². The molecule has 0 aromatic carbocycles. The van der Waals surface area contributed by atoms with Crippen molar-refractivity contribution < 1.29 is 14.3 Å². The van der Waals surface area contributed by atoms with Gasteiger partial charge in [0.1, 0.15) is 5.57 Å². The van der Waals surface area contributed by atoms with Crippen molar-refractivity contribution in [3.05, 3.63) is 29.1 Å². The van der Waals surface area contributed by atoms with Crippen molar-refractivity contribution in [1.29, 1.82) is 0 Å². The summed E-state index contributed by atoms with van der Waals surface area (Å²) < 4.78 is 6.52. The molecule has 18 heavy (non-hydrogen) atoms. The minimum absolute atomic E-state index is 0.00157. The molecule has 0 bridgehead atoms. The van der Waals surface area contributed by atoms with Gasteiger partial charge in [-0.3, -0.25) is 9.48 Å². The average Bonchev–Trinajstić information content (AvgIpc) is 2.72. The van der Waals surface area contributed by atoms with E-state index in [0.29, 0.717) is 5.56 Å². The third kappa shape index (κ3) is 1.96. The lowest BCUT2D eigenvalue weighted by Gasteiger charge is -2.17. The lowest BCUT2D eigenvalue weighted by molar-refractivity contribution is -0.138. The van der Waals surface area contributed by atoms with Crippen LogP contribution in [0.15, 0.2) is 17.8 Å². The quantitative estimate of drug-likeness (QED) is 0.602. The van der Waals surface area contributed by atoms with Crippen LogP contribution in [0.2, 0.25) is 0 Å². The standard InChI is InChI=1S/C13H16N2O3/c1-4-8-6-9(13(17)18-5-2)12(16)10-7-15(3)14-11(8)10/h6-8H,4-5H2,1-3H3/t8-/m1/s1. The van der Waals surface area contributed by atoms with Gasteiger partial charge < -0.3 is 4.74 Å². The number of Topliss-reactive ketones (excluding diaryl/α,β-unsaturated/α-hetero) is 1. The van der Waals surface area contributed by atoms with Crippen molar-refractivity contribution in [3.63, 3.8) is 0 Å². The van der Waals surface area contributed by atoms with Crippen LogP contribution < -0.4 is 0 Å². The zero-order chi connectivity index (χ0) is 13.3. The van der Waals surface area contributed by atoms with E-state index >= 15 is 0 Å². The van der Waals surface area contributed by atoms with Gasteiger partial charge in [-0.15, -0.1) is 0 Å². The highest BCUT2D eigenvalue weighted by Crippen LogP contribution is 2.31. The first-order chi connectivity index (χ1) is 8.58. The molecule has 5 nitrogen and oxygen atoms in total. The average molecular weight is 248 g/mol. The number of fused-ring (bicyclic) bond motifs is 1. The van der Waals surface area contributed by atoms with Crippen LogP contribution in [0.4, 0.5) is 0 Å². The molecule has 1 aromatic rings. The number of nitrogens with zero attached hydrogens (tertiary/aromatic N) is 2.